The molecule has 54 valence electrons. The summed E-state index contributed by atoms with van der Waals surface area (Å²) < 4.78 is 24.5. The number of benzene rings is 1. The Balaban J connectivity index is 3.34. The number of rotatable bonds is 0. The van der Waals surface area contributed by atoms with Gasteiger partial charge < -0.3 is 10.8 Å². The molecular formula is C6H5F2NO. The predicted molar refractivity (Wildman–Crippen MR) is 32.4 cm³/mol. The molecule has 0 aliphatic carbocycles. The Labute approximate surface area is 55.9 Å². The second-order valence-corrected chi connectivity index (χ2v) is 1.79. The normalized spacial score (nSPS) is 9.80. The van der Waals surface area contributed by atoms with Crippen LogP contribution in [-0.4, -0.2) is 5.11 Å². The van der Waals surface area contributed by atoms with Gasteiger partial charge in [-0.05, 0) is 12.1 Å². The Morgan fingerprint density at radius 1 is 1.30 bits per heavy atom. The molecule has 0 atom stereocenters. The van der Waals surface area contributed by atoms with Gasteiger partial charge in [-0.15, -0.1) is 0 Å². The van der Waals surface area contributed by atoms with E-state index in [0.717, 1.165) is 12.1 Å². The van der Waals surface area contributed by atoms with Gasteiger partial charge >= 0.3 is 0 Å². The summed E-state index contributed by atoms with van der Waals surface area (Å²) in [5, 5.41) is 8.69. The molecular weight excluding hydrogens is 140 g/mol. The van der Waals surface area contributed by atoms with Gasteiger partial charge in [0.15, 0.2) is 11.6 Å². The average molecular weight is 145 g/mol. The summed E-state index contributed by atoms with van der Waals surface area (Å²) in [6.45, 7) is 0. The second kappa shape index (κ2) is 2.13. The van der Waals surface area contributed by atoms with Gasteiger partial charge in [0.2, 0.25) is 0 Å². The fourth-order valence-electron chi connectivity index (χ4n) is 0.556. The minimum Gasteiger partial charge on any atom is -0.506 e. The van der Waals surface area contributed by atoms with E-state index in [1.165, 1.54) is 0 Å². The summed E-state index contributed by atoms with van der Waals surface area (Å²) in [6, 6.07) is 1.80. The number of nitrogens with two attached hydrogens (primary N) is 1. The standard InChI is InChI=1S/C6H5F2NO/c7-3-1-2-4(10)6(9)5(3)8/h1-2,10H,9H2. The van der Waals surface area contributed by atoms with Gasteiger partial charge in [0, 0.05) is 0 Å². The van der Waals surface area contributed by atoms with E-state index in [1.54, 1.807) is 0 Å². The van der Waals surface area contributed by atoms with Gasteiger partial charge in [-0.1, -0.05) is 0 Å². The summed E-state index contributed by atoms with van der Waals surface area (Å²) in [6.07, 6.45) is 0. The van der Waals surface area contributed by atoms with E-state index in [2.05, 4.69) is 0 Å². The van der Waals surface area contributed by atoms with E-state index in [9.17, 15) is 8.78 Å². The number of hydrogen-bond acceptors (Lipinski definition) is 2. The lowest BCUT2D eigenvalue weighted by Gasteiger charge is -1.98. The van der Waals surface area contributed by atoms with Crippen LogP contribution in [0.2, 0.25) is 0 Å². The summed E-state index contributed by atoms with van der Waals surface area (Å²) in [5.41, 5.74) is 4.36. The predicted octanol–water partition coefficient (Wildman–Crippen LogP) is 1.25. The van der Waals surface area contributed by atoms with Crippen molar-refractivity contribution in [2.45, 2.75) is 0 Å². The van der Waals surface area contributed by atoms with Crippen LogP contribution in [0.4, 0.5) is 14.5 Å². The third kappa shape index (κ3) is 0.877. The minimum absolute atomic E-state index is 0.445. The molecule has 3 N–H and O–H groups in total. The lowest BCUT2D eigenvalue weighted by Crippen LogP contribution is -1.93. The lowest BCUT2D eigenvalue weighted by molar-refractivity contribution is 0.460. The third-order valence-electron chi connectivity index (χ3n) is 1.11. The molecule has 0 amide bonds. The van der Waals surface area contributed by atoms with Gasteiger partial charge in [0.25, 0.3) is 0 Å². The van der Waals surface area contributed by atoms with E-state index in [1.807, 2.05) is 0 Å². The highest BCUT2D eigenvalue weighted by molar-refractivity contribution is 5.52. The molecule has 0 heterocycles. The first-order valence-electron chi connectivity index (χ1n) is 2.55. The molecule has 0 saturated heterocycles. The number of aromatic hydroxyl groups is 1. The molecule has 0 saturated carbocycles. The van der Waals surface area contributed by atoms with Crippen molar-refractivity contribution in [1.82, 2.24) is 0 Å². The van der Waals surface area contributed by atoms with E-state index in [4.69, 9.17) is 10.8 Å². The van der Waals surface area contributed by atoms with Crippen LogP contribution >= 0.6 is 0 Å². The van der Waals surface area contributed by atoms with Gasteiger partial charge in [0.05, 0.1) is 0 Å². The van der Waals surface area contributed by atoms with Crippen LogP contribution in [0.3, 0.4) is 0 Å². The molecule has 0 fully saturated rings. The Bertz CT molecular complexity index is 235. The molecule has 1 aromatic carbocycles. The van der Waals surface area contributed by atoms with Crippen molar-refractivity contribution in [2.24, 2.45) is 0 Å². The first-order chi connectivity index (χ1) is 4.63. The Hall–Kier alpha value is -1.32. The lowest BCUT2D eigenvalue weighted by atomic mass is 10.3. The summed E-state index contributed by atoms with van der Waals surface area (Å²) in [7, 11) is 0. The van der Waals surface area contributed by atoms with Crippen molar-refractivity contribution in [3.63, 3.8) is 0 Å². The SMILES string of the molecule is Nc1c(O)ccc(F)c1F. The van der Waals surface area contributed by atoms with Gasteiger partial charge in [-0.25, -0.2) is 8.78 Å². The van der Waals surface area contributed by atoms with Crippen molar-refractivity contribution in [1.29, 1.82) is 0 Å². The van der Waals surface area contributed by atoms with Crippen molar-refractivity contribution in [3.8, 4) is 5.75 Å². The third-order valence-corrected chi connectivity index (χ3v) is 1.11. The van der Waals surface area contributed by atoms with Crippen LogP contribution in [0.25, 0.3) is 0 Å². The summed E-state index contributed by atoms with van der Waals surface area (Å²) in [4.78, 5) is 0. The van der Waals surface area contributed by atoms with Crippen molar-refractivity contribution < 1.29 is 13.9 Å². The van der Waals surface area contributed by atoms with Crippen LogP contribution in [0.5, 0.6) is 5.75 Å². The van der Waals surface area contributed by atoms with Gasteiger partial charge in [-0.3, -0.25) is 0 Å². The molecule has 0 bridgehead atoms. The van der Waals surface area contributed by atoms with Gasteiger partial charge in [-0.2, -0.15) is 0 Å². The zero-order chi connectivity index (χ0) is 7.72. The van der Waals surface area contributed by atoms with Crippen LogP contribution in [0.15, 0.2) is 12.1 Å². The maximum atomic E-state index is 12.3. The molecule has 2 nitrogen and oxygen atoms in total. The number of anilines is 1. The van der Waals surface area contributed by atoms with Crippen molar-refractivity contribution >= 4 is 5.69 Å². The molecule has 0 aromatic heterocycles. The van der Waals surface area contributed by atoms with Crippen LogP contribution in [0.1, 0.15) is 0 Å². The first kappa shape index (κ1) is 6.80. The quantitative estimate of drug-likeness (QED) is 0.426. The zero-order valence-corrected chi connectivity index (χ0v) is 4.94. The minimum atomic E-state index is -1.21. The smallest absolute Gasteiger partial charge is 0.185 e. The second-order valence-electron chi connectivity index (χ2n) is 1.79. The van der Waals surface area contributed by atoms with Crippen LogP contribution in [-0.2, 0) is 0 Å². The Morgan fingerprint density at radius 3 is 2.40 bits per heavy atom. The first-order valence-corrected chi connectivity index (χ1v) is 2.55. The Kier molecular flexibility index (Phi) is 1.45. The molecule has 1 rings (SSSR count). The molecule has 10 heavy (non-hydrogen) atoms. The molecule has 0 aliphatic heterocycles. The highest BCUT2D eigenvalue weighted by Gasteiger charge is 2.08. The van der Waals surface area contributed by atoms with Crippen molar-refractivity contribution in [2.75, 3.05) is 5.73 Å². The zero-order valence-electron chi connectivity index (χ0n) is 4.94. The highest BCUT2D eigenvalue weighted by atomic mass is 19.2. The monoisotopic (exact) mass is 145 g/mol. The molecule has 0 radical (unpaired) electrons. The van der Waals surface area contributed by atoms with E-state index < -0.39 is 23.1 Å². The summed E-state index contributed by atoms with van der Waals surface area (Å²) >= 11 is 0. The largest absolute Gasteiger partial charge is 0.506 e. The maximum Gasteiger partial charge on any atom is 0.185 e. The van der Waals surface area contributed by atoms with Crippen LogP contribution in [0, 0.1) is 11.6 Å². The average Bonchev–Trinajstić information content (AvgIpc) is 1.93. The number of hydrogen-bond donors (Lipinski definition) is 2. The number of halogens is 2. The number of nitrogen functional groups attached to an aromatic ring is 1. The maximum absolute atomic E-state index is 12.3. The van der Waals surface area contributed by atoms with Crippen molar-refractivity contribution in [3.05, 3.63) is 23.8 Å². The molecule has 0 unspecified atom stereocenters. The molecule has 1 aromatic rings. The topological polar surface area (TPSA) is 46.2 Å². The molecule has 0 aliphatic rings. The van der Waals surface area contributed by atoms with E-state index in [-0.39, 0.29) is 0 Å². The fourth-order valence-corrected chi connectivity index (χ4v) is 0.556. The fraction of sp³-hybridized carbons (Fsp3) is 0. The molecule has 4 heteroatoms. The highest BCUT2D eigenvalue weighted by Crippen LogP contribution is 2.23. The number of phenolic OH excluding ortho intramolecular Hbond substituents is 1. The van der Waals surface area contributed by atoms with E-state index in [0.29, 0.717) is 0 Å². The Morgan fingerprint density at radius 2 is 1.90 bits per heavy atom. The van der Waals surface area contributed by atoms with Crippen LogP contribution < -0.4 is 5.73 Å². The van der Waals surface area contributed by atoms with Gasteiger partial charge in [0.1, 0.15) is 11.4 Å². The summed E-state index contributed by atoms with van der Waals surface area (Å²) in [5.74, 6) is -2.71. The van der Waals surface area contributed by atoms with E-state index >= 15 is 0 Å². The molecule has 0 spiro atoms. The number of phenols is 1.